The van der Waals surface area contributed by atoms with Crippen LogP contribution in [0, 0.1) is 24.1 Å². The largest absolute Gasteiger partial charge is 0.481 e. The van der Waals surface area contributed by atoms with Crippen LogP contribution in [0.1, 0.15) is 16.7 Å². The van der Waals surface area contributed by atoms with Crippen LogP contribution in [0.5, 0.6) is 0 Å². The van der Waals surface area contributed by atoms with Crippen molar-refractivity contribution in [3.05, 3.63) is 34.6 Å². The van der Waals surface area contributed by atoms with Crippen LogP contribution < -0.4 is 0 Å². The Morgan fingerprint density at radius 1 is 1.64 bits per heavy atom. The molecule has 4 heteroatoms. The van der Waals surface area contributed by atoms with E-state index < -0.39 is 18.2 Å². The van der Waals surface area contributed by atoms with E-state index in [1.807, 2.05) is 0 Å². The van der Waals surface area contributed by atoms with Gasteiger partial charge in [-0.3, -0.25) is 4.79 Å². The molecule has 0 saturated heterocycles. The number of benzene rings is 1. The molecule has 0 aliphatic rings. The van der Waals surface area contributed by atoms with E-state index in [4.69, 9.17) is 10.4 Å². The molecule has 72 valence electrons. The number of halogens is 1. The molecule has 1 aromatic rings. The predicted octanol–water partition coefficient (Wildman–Crippen LogP) is 1.63. The fourth-order valence-corrected chi connectivity index (χ4v) is 1.15. The maximum atomic E-state index is 13.4. The Morgan fingerprint density at radius 2 is 2.29 bits per heavy atom. The van der Waals surface area contributed by atoms with Crippen LogP contribution in [-0.2, 0) is 11.2 Å². The lowest BCUT2D eigenvalue weighted by Gasteiger charge is -2.03. The molecule has 0 amide bonds. The number of hydrogen-bond acceptors (Lipinski definition) is 2. The van der Waals surface area contributed by atoms with Gasteiger partial charge in [0.1, 0.15) is 11.9 Å². The second-order valence-corrected chi connectivity index (χ2v) is 2.91. The van der Waals surface area contributed by atoms with Crippen LogP contribution in [-0.4, -0.2) is 11.1 Å². The van der Waals surface area contributed by atoms with Crippen molar-refractivity contribution in [2.24, 2.45) is 0 Å². The van der Waals surface area contributed by atoms with E-state index in [1.54, 1.807) is 19.1 Å². The van der Waals surface area contributed by atoms with Crippen LogP contribution in [0.25, 0.3) is 0 Å². The predicted molar refractivity (Wildman–Crippen MR) is 47.2 cm³/mol. The molecule has 0 radical (unpaired) electrons. The number of carboxylic acid groups (broad SMARTS) is 1. The first-order valence-corrected chi connectivity index (χ1v) is 3.96. The van der Waals surface area contributed by atoms with Gasteiger partial charge in [0.05, 0.1) is 12.0 Å². The topological polar surface area (TPSA) is 61.1 Å². The quantitative estimate of drug-likeness (QED) is 0.776. The molecule has 0 unspecified atom stereocenters. The summed E-state index contributed by atoms with van der Waals surface area (Å²) in [6, 6.07) is 4.64. The normalized spacial score (nSPS) is 9.50. The van der Waals surface area contributed by atoms with E-state index in [1.165, 1.54) is 6.07 Å². The minimum Gasteiger partial charge on any atom is -0.481 e. The van der Waals surface area contributed by atoms with Crippen LogP contribution in [0.4, 0.5) is 4.39 Å². The first-order chi connectivity index (χ1) is 6.56. The van der Waals surface area contributed by atoms with E-state index in [0.717, 1.165) is 0 Å². The van der Waals surface area contributed by atoms with Gasteiger partial charge in [0.15, 0.2) is 0 Å². The van der Waals surface area contributed by atoms with Gasteiger partial charge in [-0.25, -0.2) is 4.39 Å². The number of hydrogen-bond donors (Lipinski definition) is 1. The lowest BCUT2D eigenvalue weighted by atomic mass is 10.0. The zero-order valence-corrected chi connectivity index (χ0v) is 7.54. The molecule has 0 aromatic heterocycles. The Hall–Kier alpha value is -1.89. The van der Waals surface area contributed by atoms with Crippen LogP contribution in [0.3, 0.4) is 0 Å². The van der Waals surface area contributed by atoms with E-state index >= 15 is 0 Å². The lowest BCUT2D eigenvalue weighted by Crippen LogP contribution is -2.04. The summed E-state index contributed by atoms with van der Waals surface area (Å²) in [4.78, 5) is 10.4. The molecule has 1 N–H and O–H groups in total. The molecule has 0 heterocycles. The Labute approximate surface area is 80.4 Å². The average molecular weight is 193 g/mol. The highest BCUT2D eigenvalue weighted by Crippen LogP contribution is 2.16. The smallest absolute Gasteiger partial charge is 0.307 e. The van der Waals surface area contributed by atoms with E-state index in [-0.39, 0.29) is 11.1 Å². The number of aliphatic carboxylic acids is 1. The number of carbonyl (C=O) groups is 1. The Balaban J connectivity index is 3.23. The van der Waals surface area contributed by atoms with Gasteiger partial charge in [-0.15, -0.1) is 0 Å². The summed E-state index contributed by atoms with van der Waals surface area (Å²) in [5.41, 5.74) is 0.475. The molecular weight excluding hydrogens is 185 g/mol. The van der Waals surface area contributed by atoms with Crippen molar-refractivity contribution in [2.45, 2.75) is 13.3 Å². The maximum absolute atomic E-state index is 13.4. The molecule has 0 bridgehead atoms. The standard InChI is InChI=1S/C10H8FNO2/c1-6-2-3-7(4-9(13)14)10(11)8(6)5-12/h2-3H,4H2,1H3,(H,13,14). The number of aryl methyl sites for hydroxylation is 1. The van der Waals surface area contributed by atoms with Crippen molar-refractivity contribution in [3.63, 3.8) is 0 Å². The number of nitrogens with zero attached hydrogens (tertiary/aromatic N) is 1. The second kappa shape index (κ2) is 3.88. The second-order valence-electron chi connectivity index (χ2n) is 2.91. The Morgan fingerprint density at radius 3 is 2.79 bits per heavy atom. The molecule has 0 atom stereocenters. The highest BCUT2D eigenvalue weighted by atomic mass is 19.1. The first-order valence-electron chi connectivity index (χ1n) is 3.96. The first kappa shape index (κ1) is 10.2. The van der Waals surface area contributed by atoms with Crippen LogP contribution >= 0.6 is 0 Å². The van der Waals surface area contributed by atoms with Gasteiger partial charge in [0.25, 0.3) is 0 Å². The van der Waals surface area contributed by atoms with Crippen LogP contribution in [0.2, 0.25) is 0 Å². The van der Waals surface area contributed by atoms with Crippen molar-refractivity contribution in [2.75, 3.05) is 0 Å². The van der Waals surface area contributed by atoms with E-state index in [2.05, 4.69) is 0 Å². The van der Waals surface area contributed by atoms with Crippen molar-refractivity contribution in [3.8, 4) is 6.07 Å². The molecule has 0 saturated carbocycles. The zero-order valence-electron chi connectivity index (χ0n) is 7.54. The van der Waals surface area contributed by atoms with Gasteiger partial charge >= 0.3 is 5.97 Å². The van der Waals surface area contributed by atoms with Crippen molar-refractivity contribution in [1.82, 2.24) is 0 Å². The third-order valence-electron chi connectivity index (χ3n) is 1.88. The zero-order chi connectivity index (χ0) is 10.7. The maximum Gasteiger partial charge on any atom is 0.307 e. The molecule has 3 nitrogen and oxygen atoms in total. The average Bonchev–Trinajstić information content (AvgIpc) is 2.10. The van der Waals surface area contributed by atoms with Gasteiger partial charge in [-0.1, -0.05) is 12.1 Å². The summed E-state index contributed by atoms with van der Waals surface area (Å²) in [6.07, 6.45) is -0.402. The summed E-state index contributed by atoms with van der Waals surface area (Å²) in [6.45, 7) is 1.60. The van der Waals surface area contributed by atoms with Gasteiger partial charge in [-0.2, -0.15) is 5.26 Å². The molecule has 0 fully saturated rings. The number of nitriles is 1. The van der Waals surface area contributed by atoms with Crippen molar-refractivity contribution < 1.29 is 14.3 Å². The minimum absolute atomic E-state index is 0.0413. The van der Waals surface area contributed by atoms with Gasteiger partial charge < -0.3 is 5.11 Å². The summed E-state index contributed by atoms with van der Waals surface area (Å²) >= 11 is 0. The highest BCUT2D eigenvalue weighted by molar-refractivity contribution is 5.70. The fraction of sp³-hybridized carbons (Fsp3) is 0.200. The Kier molecular flexibility index (Phi) is 2.82. The summed E-state index contributed by atoms with van der Waals surface area (Å²) in [7, 11) is 0. The van der Waals surface area contributed by atoms with E-state index in [0.29, 0.717) is 5.56 Å². The minimum atomic E-state index is -1.11. The van der Waals surface area contributed by atoms with Crippen molar-refractivity contribution in [1.29, 1.82) is 5.26 Å². The SMILES string of the molecule is Cc1ccc(CC(=O)O)c(F)c1C#N. The Bertz CT molecular complexity index is 421. The molecule has 0 aliphatic heterocycles. The molecular formula is C10H8FNO2. The van der Waals surface area contributed by atoms with Gasteiger partial charge in [-0.05, 0) is 12.5 Å². The third-order valence-corrected chi connectivity index (χ3v) is 1.88. The summed E-state index contributed by atoms with van der Waals surface area (Å²) in [5, 5.41) is 17.1. The van der Waals surface area contributed by atoms with Gasteiger partial charge in [0.2, 0.25) is 0 Å². The molecule has 1 aromatic carbocycles. The monoisotopic (exact) mass is 193 g/mol. The third kappa shape index (κ3) is 1.88. The fourth-order valence-electron chi connectivity index (χ4n) is 1.15. The summed E-state index contributed by atoms with van der Waals surface area (Å²) in [5.74, 6) is -1.84. The number of rotatable bonds is 2. The number of carboxylic acids is 1. The van der Waals surface area contributed by atoms with Crippen molar-refractivity contribution >= 4 is 5.97 Å². The van der Waals surface area contributed by atoms with Crippen LogP contribution in [0.15, 0.2) is 12.1 Å². The molecule has 0 spiro atoms. The lowest BCUT2D eigenvalue weighted by molar-refractivity contribution is -0.136. The summed E-state index contributed by atoms with van der Waals surface area (Å²) < 4.78 is 13.4. The van der Waals surface area contributed by atoms with E-state index in [9.17, 15) is 9.18 Å². The van der Waals surface area contributed by atoms with Gasteiger partial charge in [0, 0.05) is 5.56 Å². The molecule has 0 aliphatic carbocycles. The highest BCUT2D eigenvalue weighted by Gasteiger charge is 2.12. The molecule has 14 heavy (non-hydrogen) atoms. The molecule has 1 rings (SSSR count).